The van der Waals surface area contributed by atoms with Crippen molar-refractivity contribution in [2.75, 3.05) is 11.1 Å². The number of thioether (sulfide) groups is 1. The Labute approximate surface area is 182 Å². The molecule has 0 aliphatic carbocycles. The number of urea groups is 1. The predicted octanol–water partition coefficient (Wildman–Crippen LogP) is 2.47. The standard InChI is InChI=1S/C20H22N6O4S/c1-12-5-6-14(10-13(12)2)22-19(29)23-17(28)11-31-20-25-24-18(15-4-3-9-30-15)26(20)8-7-16(21)27/h3-6,9-10H,7-8,11H2,1-2H3,(H2,21,27)(H2,22,23,28,29). The molecule has 0 saturated heterocycles. The molecule has 4 N–H and O–H groups in total. The van der Waals surface area contributed by atoms with Gasteiger partial charge in [-0.25, -0.2) is 4.79 Å². The molecule has 0 bridgehead atoms. The second-order valence-electron chi connectivity index (χ2n) is 6.74. The van der Waals surface area contributed by atoms with Crippen LogP contribution >= 0.6 is 11.8 Å². The van der Waals surface area contributed by atoms with Crippen LogP contribution in [0.25, 0.3) is 11.6 Å². The van der Waals surface area contributed by atoms with Gasteiger partial charge >= 0.3 is 6.03 Å². The predicted molar refractivity (Wildman–Crippen MR) is 115 cm³/mol. The lowest BCUT2D eigenvalue weighted by Gasteiger charge is -2.09. The van der Waals surface area contributed by atoms with Crippen LogP contribution in [0, 0.1) is 13.8 Å². The number of nitrogens with zero attached hydrogens (tertiary/aromatic N) is 3. The Bertz CT molecular complexity index is 1090. The van der Waals surface area contributed by atoms with Crippen LogP contribution in [0.15, 0.2) is 46.2 Å². The summed E-state index contributed by atoms with van der Waals surface area (Å²) in [6.45, 7) is 4.14. The Morgan fingerprint density at radius 2 is 1.97 bits per heavy atom. The van der Waals surface area contributed by atoms with E-state index in [9.17, 15) is 14.4 Å². The summed E-state index contributed by atoms with van der Waals surface area (Å²) in [5.74, 6) is -0.165. The third-order valence-corrected chi connectivity index (χ3v) is 5.36. The lowest BCUT2D eigenvalue weighted by Crippen LogP contribution is -2.35. The van der Waals surface area contributed by atoms with Gasteiger partial charge in [0.1, 0.15) is 0 Å². The summed E-state index contributed by atoms with van der Waals surface area (Å²) >= 11 is 1.08. The Hall–Kier alpha value is -3.60. The highest BCUT2D eigenvalue weighted by Crippen LogP contribution is 2.24. The van der Waals surface area contributed by atoms with Crippen molar-refractivity contribution in [3.8, 4) is 11.6 Å². The number of benzene rings is 1. The maximum absolute atomic E-state index is 12.2. The van der Waals surface area contributed by atoms with Crippen molar-refractivity contribution in [2.24, 2.45) is 5.73 Å². The number of hydrogen-bond donors (Lipinski definition) is 3. The lowest BCUT2D eigenvalue weighted by molar-refractivity contribution is -0.118. The summed E-state index contributed by atoms with van der Waals surface area (Å²) in [6.07, 6.45) is 1.57. The number of amides is 4. The molecular formula is C20H22N6O4S. The Morgan fingerprint density at radius 1 is 1.16 bits per heavy atom. The zero-order valence-corrected chi connectivity index (χ0v) is 17.9. The first-order valence-electron chi connectivity index (χ1n) is 9.39. The molecule has 10 nitrogen and oxygen atoms in total. The molecule has 0 radical (unpaired) electrons. The quantitative estimate of drug-likeness (QED) is 0.454. The van der Waals surface area contributed by atoms with Gasteiger partial charge in [0.25, 0.3) is 0 Å². The average molecular weight is 443 g/mol. The highest BCUT2D eigenvalue weighted by molar-refractivity contribution is 7.99. The fraction of sp³-hybridized carbons (Fsp3) is 0.250. The summed E-state index contributed by atoms with van der Waals surface area (Å²) in [4.78, 5) is 35.5. The van der Waals surface area contributed by atoms with Crippen LogP contribution < -0.4 is 16.4 Å². The molecule has 2 heterocycles. The second-order valence-corrected chi connectivity index (χ2v) is 7.68. The van der Waals surface area contributed by atoms with Crippen LogP contribution in [0.2, 0.25) is 0 Å². The largest absolute Gasteiger partial charge is 0.461 e. The average Bonchev–Trinajstić information content (AvgIpc) is 3.36. The van der Waals surface area contributed by atoms with Crippen molar-refractivity contribution in [3.05, 3.63) is 47.7 Å². The molecule has 31 heavy (non-hydrogen) atoms. The van der Waals surface area contributed by atoms with Gasteiger partial charge in [-0.2, -0.15) is 0 Å². The van der Waals surface area contributed by atoms with Crippen LogP contribution in [0.3, 0.4) is 0 Å². The summed E-state index contributed by atoms with van der Waals surface area (Å²) in [7, 11) is 0. The van der Waals surface area contributed by atoms with Crippen molar-refractivity contribution in [1.82, 2.24) is 20.1 Å². The van der Waals surface area contributed by atoms with Gasteiger partial charge in [0.15, 0.2) is 16.7 Å². The topological polar surface area (TPSA) is 145 Å². The molecule has 0 atom stereocenters. The Balaban J connectivity index is 1.60. The number of imide groups is 1. The van der Waals surface area contributed by atoms with Crippen molar-refractivity contribution < 1.29 is 18.8 Å². The van der Waals surface area contributed by atoms with E-state index in [1.165, 1.54) is 6.26 Å². The number of carbonyl (C=O) groups is 3. The van der Waals surface area contributed by atoms with E-state index in [-0.39, 0.29) is 18.7 Å². The van der Waals surface area contributed by atoms with E-state index in [1.807, 2.05) is 26.0 Å². The highest BCUT2D eigenvalue weighted by Gasteiger charge is 2.18. The molecule has 0 unspecified atom stereocenters. The van der Waals surface area contributed by atoms with Gasteiger partial charge in [0, 0.05) is 18.7 Å². The molecule has 4 amide bonds. The molecule has 0 aliphatic heterocycles. The number of aryl methyl sites for hydroxylation is 2. The van der Waals surface area contributed by atoms with E-state index in [0.717, 1.165) is 22.9 Å². The molecule has 11 heteroatoms. The molecule has 2 aromatic heterocycles. The number of furan rings is 1. The summed E-state index contributed by atoms with van der Waals surface area (Å²) in [6, 6.07) is 8.27. The fourth-order valence-electron chi connectivity index (χ4n) is 2.68. The van der Waals surface area contributed by atoms with Gasteiger partial charge < -0.3 is 15.5 Å². The number of aromatic nitrogens is 3. The third kappa shape index (κ3) is 5.95. The number of carbonyl (C=O) groups excluding carboxylic acids is 3. The fourth-order valence-corrected chi connectivity index (χ4v) is 3.45. The van der Waals surface area contributed by atoms with Crippen molar-refractivity contribution in [2.45, 2.75) is 32.0 Å². The minimum Gasteiger partial charge on any atom is -0.461 e. The highest BCUT2D eigenvalue weighted by atomic mass is 32.2. The normalized spacial score (nSPS) is 10.6. The second kappa shape index (κ2) is 9.94. The van der Waals surface area contributed by atoms with Gasteiger partial charge in [-0.15, -0.1) is 10.2 Å². The van der Waals surface area contributed by atoms with Crippen molar-refractivity contribution in [1.29, 1.82) is 0 Å². The Kier molecular flexibility index (Phi) is 7.08. The molecule has 0 fully saturated rings. The lowest BCUT2D eigenvalue weighted by atomic mass is 10.1. The number of primary amides is 1. The maximum Gasteiger partial charge on any atom is 0.325 e. The summed E-state index contributed by atoms with van der Waals surface area (Å²) in [5, 5.41) is 13.5. The molecule has 3 rings (SSSR count). The van der Waals surface area contributed by atoms with E-state index in [0.29, 0.717) is 22.4 Å². The van der Waals surface area contributed by atoms with Crippen LogP contribution in [0.4, 0.5) is 10.5 Å². The van der Waals surface area contributed by atoms with E-state index in [2.05, 4.69) is 20.8 Å². The first kappa shape index (κ1) is 22.1. The summed E-state index contributed by atoms with van der Waals surface area (Å²) < 4.78 is 7.00. The van der Waals surface area contributed by atoms with Crippen molar-refractivity contribution in [3.63, 3.8) is 0 Å². The van der Waals surface area contributed by atoms with Crippen LogP contribution in [-0.2, 0) is 16.1 Å². The SMILES string of the molecule is Cc1ccc(NC(=O)NC(=O)CSc2nnc(-c3ccco3)n2CCC(N)=O)cc1C. The number of hydrogen-bond acceptors (Lipinski definition) is 7. The minimum absolute atomic E-state index is 0.0733. The number of rotatable bonds is 8. The number of nitrogens with one attached hydrogen (secondary N) is 2. The number of anilines is 1. The van der Waals surface area contributed by atoms with Crippen LogP contribution in [-0.4, -0.2) is 38.4 Å². The molecule has 3 aromatic rings. The molecule has 1 aromatic carbocycles. The zero-order chi connectivity index (χ0) is 22.4. The van der Waals surface area contributed by atoms with Gasteiger partial charge in [0.05, 0.1) is 12.0 Å². The van der Waals surface area contributed by atoms with Crippen molar-refractivity contribution >= 4 is 35.3 Å². The smallest absolute Gasteiger partial charge is 0.325 e. The van der Waals surface area contributed by atoms with Gasteiger partial charge in [-0.05, 0) is 49.2 Å². The monoisotopic (exact) mass is 442 g/mol. The van der Waals surface area contributed by atoms with Gasteiger partial charge in [-0.3, -0.25) is 19.5 Å². The summed E-state index contributed by atoms with van der Waals surface area (Å²) in [5.41, 5.74) is 7.98. The van der Waals surface area contributed by atoms with Gasteiger partial charge in [-0.1, -0.05) is 17.8 Å². The van der Waals surface area contributed by atoms with Crippen LogP contribution in [0.1, 0.15) is 17.5 Å². The molecule has 162 valence electrons. The first-order valence-corrected chi connectivity index (χ1v) is 10.4. The van der Waals surface area contributed by atoms with Crippen LogP contribution in [0.5, 0.6) is 0 Å². The Morgan fingerprint density at radius 3 is 2.65 bits per heavy atom. The first-order chi connectivity index (χ1) is 14.8. The van der Waals surface area contributed by atoms with Gasteiger partial charge in [0.2, 0.25) is 11.8 Å². The molecular weight excluding hydrogens is 420 g/mol. The van der Waals surface area contributed by atoms with E-state index >= 15 is 0 Å². The van der Waals surface area contributed by atoms with E-state index < -0.39 is 17.8 Å². The molecule has 0 aliphatic rings. The number of nitrogens with two attached hydrogens (primary N) is 1. The minimum atomic E-state index is -0.625. The van der Waals surface area contributed by atoms with E-state index in [1.54, 1.807) is 22.8 Å². The maximum atomic E-state index is 12.2. The third-order valence-electron chi connectivity index (χ3n) is 4.39. The van der Waals surface area contributed by atoms with E-state index in [4.69, 9.17) is 10.2 Å². The molecule has 0 spiro atoms. The molecule has 0 saturated carbocycles. The zero-order valence-electron chi connectivity index (χ0n) is 17.0.